The molecule has 0 amide bonds. The largest absolute Gasteiger partial charge is 0.185 e. The van der Waals surface area contributed by atoms with E-state index in [-0.39, 0.29) is 0 Å². The van der Waals surface area contributed by atoms with E-state index >= 15 is 0 Å². The zero-order chi connectivity index (χ0) is 7.78. The van der Waals surface area contributed by atoms with E-state index in [4.69, 9.17) is 0 Å². The normalized spacial score (nSPS) is 36.4. The average molecular weight is 290 g/mol. The first-order chi connectivity index (χ1) is 4.52. The van der Waals surface area contributed by atoms with E-state index in [1.807, 2.05) is 0 Å². The molecule has 0 saturated heterocycles. The molecule has 1 aliphatic carbocycles. The van der Waals surface area contributed by atoms with Gasteiger partial charge < -0.3 is 0 Å². The lowest BCUT2D eigenvalue weighted by Crippen LogP contribution is -2.16. The van der Waals surface area contributed by atoms with E-state index in [1.165, 1.54) is 19.3 Å². The summed E-state index contributed by atoms with van der Waals surface area (Å²) in [7, 11) is -0.486. The van der Waals surface area contributed by atoms with E-state index < -0.39 is 8.46 Å². The Balaban J connectivity index is 2.55. The van der Waals surface area contributed by atoms with Crippen molar-refractivity contribution < 1.29 is 0 Å². The lowest BCUT2D eigenvalue weighted by Gasteiger charge is -2.32. The summed E-state index contributed by atoms with van der Waals surface area (Å²) in [5.74, 6) is 0. The zero-order valence-electron chi connectivity index (χ0n) is 6.44. The summed E-state index contributed by atoms with van der Waals surface area (Å²) < 4.78 is 0. The standard InChI is InChI=1S/C7H14Br2S/c1-10(2,9)7-5-3-4-6(7)8/h6-7H,3-5H2,1-2H3. The zero-order valence-corrected chi connectivity index (χ0v) is 10.4. The molecule has 0 aromatic heterocycles. The fourth-order valence-electron chi connectivity index (χ4n) is 1.51. The Labute approximate surface area is 80.8 Å². The fourth-order valence-corrected chi connectivity index (χ4v) is 7.50. The summed E-state index contributed by atoms with van der Waals surface area (Å²) in [6, 6.07) is 0. The Hall–Kier alpha value is 1.31. The lowest BCUT2D eigenvalue weighted by molar-refractivity contribution is 0.890. The predicted octanol–water partition coefficient (Wildman–Crippen LogP) is 3.68. The Kier molecular flexibility index (Phi) is 3.16. The number of rotatable bonds is 1. The van der Waals surface area contributed by atoms with Crippen LogP contribution in [0.5, 0.6) is 0 Å². The molecule has 0 N–H and O–H groups in total. The molecular weight excluding hydrogens is 276 g/mol. The van der Waals surface area contributed by atoms with Gasteiger partial charge in [-0.25, -0.2) is 0 Å². The van der Waals surface area contributed by atoms with Crippen LogP contribution >= 0.6 is 39.2 Å². The molecule has 0 aliphatic heterocycles. The summed E-state index contributed by atoms with van der Waals surface area (Å²) in [4.78, 5) is 0.775. The van der Waals surface area contributed by atoms with Crippen molar-refractivity contribution in [3.8, 4) is 0 Å². The molecule has 2 atom stereocenters. The molecule has 1 saturated carbocycles. The third kappa shape index (κ3) is 2.15. The number of hydrogen-bond donors (Lipinski definition) is 0. The van der Waals surface area contributed by atoms with Crippen LogP contribution in [-0.4, -0.2) is 22.6 Å². The van der Waals surface area contributed by atoms with Crippen molar-refractivity contribution in [1.29, 1.82) is 0 Å². The summed E-state index contributed by atoms with van der Waals surface area (Å²) in [6.45, 7) is 0. The van der Waals surface area contributed by atoms with Gasteiger partial charge in [-0.15, -0.1) is 0 Å². The molecule has 2 unspecified atom stereocenters. The maximum atomic E-state index is 3.80. The molecule has 1 rings (SSSR count). The molecule has 0 bridgehead atoms. The first kappa shape index (κ1) is 9.40. The second-order valence-electron chi connectivity index (χ2n) is 3.26. The maximum absolute atomic E-state index is 3.80. The molecule has 1 fully saturated rings. The van der Waals surface area contributed by atoms with Gasteiger partial charge in [0.25, 0.3) is 0 Å². The first-order valence-electron chi connectivity index (χ1n) is 3.57. The second kappa shape index (κ2) is 3.36. The molecule has 3 heteroatoms. The van der Waals surface area contributed by atoms with E-state index in [9.17, 15) is 0 Å². The van der Waals surface area contributed by atoms with Crippen LogP contribution in [0.3, 0.4) is 0 Å². The van der Waals surface area contributed by atoms with Crippen molar-refractivity contribution in [1.82, 2.24) is 0 Å². The average Bonchev–Trinajstić information content (AvgIpc) is 2.11. The Morgan fingerprint density at radius 2 is 1.90 bits per heavy atom. The Morgan fingerprint density at radius 3 is 2.10 bits per heavy atom. The molecule has 0 aromatic carbocycles. The van der Waals surface area contributed by atoms with Crippen LogP contribution in [0, 0.1) is 0 Å². The summed E-state index contributed by atoms with van der Waals surface area (Å²) in [6.07, 6.45) is 8.87. The van der Waals surface area contributed by atoms with Crippen molar-refractivity contribution in [3.05, 3.63) is 0 Å². The molecule has 0 heterocycles. The van der Waals surface area contributed by atoms with Crippen LogP contribution < -0.4 is 0 Å². The van der Waals surface area contributed by atoms with Gasteiger partial charge in [0.05, 0.1) is 0 Å². The molecule has 1 aliphatic rings. The molecular formula is C7H14Br2S. The summed E-state index contributed by atoms with van der Waals surface area (Å²) >= 11 is 7.53. The van der Waals surface area contributed by atoms with Crippen LogP contribution in [0.25, 0.3) is 0 Å². The summed E-state index contributed by atoms with van der Waals surface area (Å²) in [5, 5.41) is 0.896. The van der Waals surface area contributed by atoms with Gasteiger partial charge in [-0.1, -0.05) is 22.4 Å². The van der Waals surface area contributed by atoms with Gasteiger partial charge in [0.2, 0.25) is 0 Å². The van der Waals surface area contributed by atoms with E-state index in [2.05, 4.69) is 43.3 Å². The van der Waals surface area contributed by atoms with Crippen molar-refractivity contribution in [3.63, 3.8) is 0 Å². The Bertz CT molecular complexity index is 119. The van der Waals surface area contributed by atoms with E-state index in [0.29, 0.717) is 0 Å². The third-order valence-electron chi connectivity index (χ3n) is 2.09. The lowest BCUT2D eigenvalue weighted by atomic mass is 10.4. The van der Waals surface area contributed by atoms with Crippen LogP contribution in [0.4, 0.5) is 0 Å². The van der Waals surface area contributed by atoms with Crippen molar-refractivity contribution in [2.24, 2.45) is 0 Å². The predicted molar refractivity (Wildman–Crippen MR) is 58.7 cm³/mol. The van der Waals surface area contributed by atoms with Crippen LogP contribution in [-0.2, 0) is 0 Å². The molecule has 10 heavy (non-hydrogen) atoms. The molecule has 0 radical (unpaired) electrons. The van der Waals surface area contributed by atoms with Gasteiger partial charge in [-0.05, 0) is 40.2 Å². The smallest absolute Gasteiger partial charge is 0.0257 e. The van der Waals surface area contributed by atoms with Crippen LogP contribution in [0.1, 0.15) is 19.3 Å². The van der Waals surface area contributed by atoms with Crippen molar-refractivity contribution >= 4 is 39.2 Å². The van der Waals surface area contributed by atoms with E-state index in [1.54, 1.807) is 0 Å². The number of hydrogen-bond acceptors (Lipinski definition) is 0. The topological polar surface area (TPSA) is 0 Å². The van der Waals surface area contributed by atoms with Gasteiger partial charge in [0.15, 0.2) is 0 Å². The highest BCUT2D eigenvalue weighted by Gasteiger charge is 2.32. The summed E-state index contributed by atoms with van der Waals surface area (Å²) in [5.41, 5.74) is 0. The van der Waals surface area contributed by atoms with Gasteiger partial charge in [0, 0.05) is 10.1 Å². The molecule has 0 aromatic rings. The monoisotopic (exact) mass is 288 g/mol. The molecule has 0 nitrogen and oxygen atoms in total. The van der Waals surface area contributed by atoms with Gasteiger partial charge >= 0.3 is 0 Å². The SMILES string of the molecule is CS(C)(Br)C1CCCC1Br. The quantitative estimate of drug-likeness (QED) is 0.646. The molecule has 0 spiro atoms. The Morgan fingerprint density at radius 1 is 1.30 bits per heavy atom. The highest BCUT2D eigenvalue weighted by molar-refractivity contribution is 9.58. The van der Waals surface area contributed by atoms with Crippen LogP contribution in [0.15, 0.2) is 0 Å². The highest BCUT2D eigenvalue weighted by atomic mass is 79.9. The molecule has 62 valence electrons. The highest BCUT2D eigenvalue weighted by Crippen LogP contribution is 2.59. The fraction of sp³-hybridized carbons (Fsp3) is 1.00. The van der Waals surface area contributed by atoms with E-state index in [0.717, 1.165) is 10.1 Å². The third-order valence-corrected chi connectivity index (χ3v) is 6.98. The first-order valence-corrected chi connectivity index (χ1v) is 8.85. The minimum atomic E-state index is -0.486. The minimum Gasteiger partial charge on any atom is -0.185 e. The van der Waals surface area contributed by atoms with Crippen LogP contribution in [0.2, 0.25) is 0 Å². The maximum Gasteiger partial charge on any atom is 0.0257 e. The van der Waals surface area contributed by atoms with Crippen molar-refractivity contribution in [2.45, 2.75) is 29.3 Å². The minimum absolute atomic E-state index is 0.486. The number of halogens is 2. The van der Waals surface area contributed by atoms with Gasteiger partial charge in [-0.3, -0.25) is 0 Å². The van der Waals surface area contributed by atoms with Gasteiger partial charge in [0.1, 0.15) is 0 Å². The second-order valence-corrected chi connectivity index (χ2v) is 12.6. The number of alkyl halides is 1. The van der Waals surface area contributed by atoms with Crippen molar-refractivity contribution in [2.75, 3.05) is 12.5 Å². The van der Waals surface area contributed by atoms with Gasteiger partial charge in [-0.2, -0.15) is 8.46 Å².